The molecule has 0 atom stereocenters. The van der Waals surface area contributed by atoms with Crippen LogP contribution in [-0.2, 0) is 19.6 Å². The number of hydrogen-bond acceptors (Lipinski definition) is 7. The third-order valence-electron chi connectivity index (χ3n) is 4.37. The number of hydrogen-bond donors (Lipinski definition) is 1. The molecule has 1 aromatic heterocycles. The van der Waals surface area contributed by atoms with Gasteiger partial charge in [-0.3, -0.25) is 9.10 Å². The first kappa shape index (κ1) is 24.5. The molecule has 0 saturated heterocycles. The molecule has 170 valence electrons. The molecule has 0 aliphatic rings. The number of anilines is 2. The van der Waals surface area contributed by atoms with Crippen LogP contribution in [0, 0.1) is 11.3 Å². The predicted molar refractivity (Wildman–Crippen MR) is 126 cm³/mol. The molecule has 33 heavy (non-hydrogen) atoms. The van der Waals surface area contributed by atoms with E-state index in [1.807, 2.05) is 6.07 Å². The SMILES string of the molecule is CN(c1ccc(Cl)cc1)S(=O)(=O)c1cc(C(=O)OCC(=O)Nc2sccc2C#N)ccc1Cl. The summed E-state index contributed by atoms with van der Waals surface area (Å²) in [5.41, 5.74) is 0.520. The third-order valence-corrected chi connectivity index (χ3v) is 7.72. The van der Waals surface area contributed by atoms with Crippen LogP contribution in [0.2, 0.25) is 10.0 Å². The summed E-state index contributed by atoms with van der Waals surface area (Å²) in [6.45, 7) is -0.628. The molecular formula is C21H15Cl2N3O5S2. The fraction of sp³-hybridized carbons (Fsp3) is 0.0952. The quantitative estimate of drug-likeness (QED) is 0.454. The van der Waals surface area contributed by atoms with Gasteiger partial charge in [0.25, 0.3) is 15.9 Å². The number of carbonyl (C=O) groups is 2. The number of amides is 1. The molecule has 2 aromatic carbocycles. The lowest BCUT2D eigenvalue weighted by atomic mass is 10.2. The minimum atomic E-state index is -4.12. The van der Waals surface area contributed by atoms with Gasteiger partial charge in [-0.25, -0.2) is 13.2 Å². The topological polar surface area (TPSA) is 117 Å². The summed E-state index contributed by atoms with van der Waals surface area (Å²) in [5.74, 6) is -1.56. The molecule has 8 nitrogen and oxygen atoms in total. The van der Waals surface area contributed by atoms with Gasteiger partial charge in [-0.2, -0.15) is 5.26 Å². The first-order valence-electron chi connectivity index (χ1n) is 9.12. The predicted octanol–water partition coefficient (Wildman–Crippen LogP) is 4.55. The number of ether oxygens (including phenoxy) is 1. The van der Waals surface area contributed by atoms with Gasteiger partial charge in [0, 0.05) is 12.1 Å². The van der Waals surface area contributed by atoms with E-state index in [0.717, 1.165) is 21.7 Å². The smallest absolute Gasteiger partial charge is 0.338 e. The highest BCUT2D eigenvalue weighted by Crippen LogP contribution is 2.29. The molecule has 1 amide bonds. The summed E-state index contributed by atoms with van der Waals surface area (Å²) < 4.78 is 32.2. The van der Waals surface area contributed by atoms with E-state index in [2.05, 4.69) is 5.32 Å². The average molecular weight is 524 g/mol. The number of carbonyl (C=O) groups excluding carboxylic acids is 2. The molecule has 0 saturated carbocycles. The lowest BCUT2D eigenvalue weighted by molar-refractivity contribution is -0.119. The van der Waals surface area contributed by atoms with Crippen LogP contribution in [-0.4, -0.2) is 33.9 Å². The Labute approximate surface area is 204 Å². The summed E-state index contributed by atoms with van der Waals surface area (Å²) in [6, 6.07) is 13.2. The average Bonchev–Trinajstić information content (AvgIpc) is 3.24. The highest BCUT2D eigenvalue weighted by molar-refractivity contribution is 7.93. The molecule has 0 radical (unpaired) electrons. The van der Waals surface area contributed by atoms with Crippen LogP contribution in [0.15, 0.2) is 58.8 Å². The van der Waals surface area contributed by atoms with Crippen molar-refractivity contribution in [3.63, 3.8) is 0 Å². The van der Waals surface area contributed by atoms with Gasteiger partial charge in [0.05, 0.1) is 21.8 Å². The second-order valence-corrected chi connectivity index (χ2v) is 10.2. The molecule has 0 spiro atoms. The number of halogens is 2. The summed E-state index contributed by atoms with van der Waals surface area (Å²) in [7, 11) is -2.79. The zero-order chi connectivity index (χ0) is 24.2. The molecule has 3 rings (SSSR count). The number of thiophene rings is 1. The van der Waals surface area contributed by atoms with E-state index in [1.165, 1.54) is 31.3 Å². The highest BCUT2D eigenvalue weighted by Gasteiger charge is 2.26. The van der Waals surface area contributed by atoms with Crippen molar-refractivity contribution in [1.82, 2.24) is 0 Å². The van der Waals surface area contributed by atoms with Crippen LogP contribution in [0.25, 0.3) is 0 Å². The van der Waals surface area contributed by atoms with E-state index in [-0.39, 0.29) is 21.0 Å². The van der Waals surface area contributed by atoms with Crippen molar-refractivity contribution in [2.45, 2.75) is 4.90 Å². The Balaban J connectivity index is 1.75. The van der Waals surface area contributed by atoms with E-state index in [1.54, 1.807) is 23.6 Å². The van der Waals surface area contributed by atoms with Gasteiger partial charge in [0.15, 0.2) is 6.61 Å². The van der Waals surface area contributed by atoms with Crippen molar-refractivity contribution in [3.8, 4) is 6.07 Å². The Morgan fingerprint density at radius 1 is 1.15 bits per heavy atom. The van der Waals surface area contributed by atoms with Crippen LogP contribution >= 0.6 is 34.5 Å². The number of esters is 1. The molecular weight excluding hydrogens is 509 g/mol. The largest absolute Gasteiger partial charge is 0.452 e. The van der Waals surface area contributed by atoms with Gasteiger partial charge in [-0.1, -0.05) is 23.2 Å². The maximum atomic E-state index is 13.1. The minimum absolute atomic E-state index is 0.0909. The molecule has 1 N–H and O–H groups in total. The van der Waals surface area contributed by atoms with Crippen molar-refractivity contribution in [3.05, 3.63) is 75.1 Å². The molecule has 1 heterocycles. The first-order chi connectivity index (χ1) is 15.6. The van der Waals surface area contributed by atoms with Crippen molar-refractivity contribution < 1.29 is 22.7 Å². The molecule has 0 fully saturated rings. The number of nitrogens with zero attached hydrogens (tertiary/aromatic N) is 2. The van der Waals surface area contributed by atoms with E-state index < -0.39 is 28.5 Å². The Hall–Kier alpha value is -3.10. The summed E-state index contributed by atoms with van der Waals surface area (Å²) >= 11 is 13.1. The van der Waals surface area contributed by atoms with Crippen molar-refractivity contribution in [1.29, 1.82) is 5.26 Å². The summed E-state index contributed by atoms with van der Waals surface area (Å²) in [6.07, 6.45) is 0. The van der Waals surface area contributed by atoms with Crippen molar-refractivity contribution in [2.75, 3.05) is 23.3 Å². The second kappa shape index (κ2) is 10.2. The van der Waals surface area contributed by atoms with Gasteiger partial charge < -0.3 is 10.1 Å². The van der Waals surface area contributed by atoms with Gasteiger partial charge in [-0.15, -0.1) is 11.3 Å². The first-order valence-corrected chi connectivity index (χ1v) is 12.2. The second-order valence-electron chi connectivity index (χ2n) is 6.49. The minimum Gasteiger partial charge on any atom is -0.452 e. The van der Waals surface area contributed by atoms with E-state index in [0.29, 0.717) is 15.7 Å². The summed E-state index contributed by atoms with van der Waals surface area (Å²) in [5, 5.41) is 13.8. The lowest BCUT2D eigenvalue weighted by Crippen LogP contribution is -2.27. The molecule has 0 bridgehead atoms. The van der Waals surface area contributed by atoms with Gasteiger partial charge >= 0.3 is 5.97 Å². The lowest BCUT2D eigenvalue weighted by Gasteiger charge is -2.20. The number of rotatable bonds is 7. The van der Waals surface area contributed by atoms with Crippen LogP contribution in [0.3, 0.4) is 0 Å². The maximum absolute atomic E-state index is 13.1. The van der Waals surface area contributed by atoms with Crippen molar-refractivity contribution in [2.24, 2.45) is 0 Å². The van der Waals surface area contributed by atoms with E-state index in [4.69, 9.17) is 33.2 Å². The zero-order valence-electron chi connectivity index (χ0n) is 16.9. The third kappa shape index (κ3) is 5.64. The van der Waals surface area contributed by atoms with Gasteiger partial charge in [-0.05, 0) is 53.9 Å². The molecule has 12 heteroatoms. The number of nitriles is 1. The molecule has 3 aromatic rings. The highest BCUT2D eigenvalue weighted by atomic mass is 35.5. The Morgan fingerprint density at radius 2 is 1.85 bits per heavy atom. The van der Waals surface area contributed by atoms with Gasteiger partial charge in [0.1, 0.15) is 16.0 Å². The standard InChI is InChI=1S/C21H15Cl2N3O5S2/c1-26(16-5-3-15(22)4-6-16)33(29,30)18-10-13(2-7-17(18)23)21(28)31-12-19(27)25-20-14(11-24)8-9-32-20/h2-10H,12H2,1H3,(H,25,27). The monoisotopic (exact) mass is 523 g/mol. The van der Waals surface area contributed by atoms with Crippen LogP contribution in [0.4, 0.5) is 10.7 Å². The number of benzene rings is 2. The van der Waals surface area contributed by atoms with Crippen LogP contribution < -0.4 is 9.62 Å². The fourth-order valence-corrected chi connectivity index (χ4v) is 5.21. The summed E-state index contributed by atoms with van der Waals surface area (Å²) in [4.78, 5) is 24.2. The molecule has 0 unspecified atom stereocenters. The molecule has 0 aliphatic heterocycles. The van der Waals surface area contributed by atoms with Gasteiger partial charge in [0.2, 0.25) is 0 Å². The normalized spacial score (nSPS) is 10.8. The van der Waals surface area contributed by atoms with E-state index in [9.17, 15) is 18.0 Å². The number of sulfonamides is 1. The molecule has 0 aliphatic carbocycles. The number of nitrogens with one attached hydrogen (secondary N) is 1. The van der Waals surface area contributed by atoms with E-state index >= 15 is 0 Å². The van der Waals surface area contributed by atoms with Crippen LogP contribution in [0.1, 0.15) is 15.9 Å². The Morgan fingerprint density at radius 3 is 2.52 bits per heavy atom. The Kier molecular flexibility index (Phi) is 7.61. The van der Waals surface area contributed by atoms with Crippen LogP contribution in [0.5, 0.6) is 0 Å². The fourth-order valence-electron chi connectivity index (χ4n) is 2.64. The Bertz CT molecular complexity index is 1350. The zero-order valence-corrected chi connectivity index (χ0v) is 20.1. The van der Waals surface area contributed by atoms with Crippen molar-refractivity contribution >= 4 is 67.1 Å². The maximum Gasteiger partial charge on any atom is 0.338 e.